The van der Waals surface area contributed by atoms with Gasteiger partial charge in [0.2, 0.25) is 0 Å². The molecule has 4 heteroatoms. The van der Waals surface area contributed by atoms with Crippen LogP contribution in [0.1, 0.15) is 67.9 Å². The predicted octanol–water partition coefficient (Wildman–Crippen LogP) is 7.99. The highest BCUT2D eigenvalue weighted by molar-refractivity contribution is 5.44. The van der Waals surface area contributed by atoms with Crippen LogP contribution in [0.25, 0.3) is 0 Å². The number of ether oxygens (including phenoxy) is 1. The first-order valence-corrected chi connectivity index (χ1v) is 15.5. The number of nitrogens with one attached hydrogen (secondary N) is 1. The van der Waals surface area contributed by atoms with E-state index in [1.807, 2.05) is 18.2 Å². The van der Waals surface area contributed by atoms with Crippen LogP contribution in [-0.2, 0) is 19.4 Å². The SMILES string of the molecule is CC(C)N(CC[C@H](c1ccccc1)c1cc(CCOc2ccc(CCNCc3ccccc3)cc2)ccc1O)C(C)C. The lowest BCUT2D eigenvalue weighted by Gasteiger charge is -2.32. The number of hydrogen-bond donors (Lipinski definition) is 2. The maximum absolute atomic E-state index is 11.0. The second kappa shape index (κ2) is 16.1. The Hall–Kier alpha value is -3.60. The maximum atomic E-state index is 11.0. The van der Waals surface area contributed by atoms with Crippen molar-refractivity contribution in [2.75, 3.05) is 19.7 Å². The fourth-order valence-corrected chi connectivity index (χ4v) is 5.72. The van der Waals surface area contributed by atoms with Gasteiger partial charge < -0.3 is 15.2 Å². The van der Waals surface area contributed by atoms with E-state index in [2.05, 4.69) is 123 Å². The summed E-state index contributed by atoms with van der Waals surface area (Å²) in [5.41, 5.74) is 6.02. The van der Waals surface area contributed by atoms with Crippen molar-refractivity contribution >= 4 is 0 Å². The molecule has 0 saturated carbocycles. The Balaban J connectivity index is 1.33. The topological polar surface area (TPSA) is 44.7 Å². The monoisotopic (exact) mass is 564 g/mol. The lowest BCUT2D eigenvalue weighted by atomic mass is 9.86. The Morgan fingerprint density at radius 2 is 1.36 bits per heavy atom. The first-order valence-electron chi connectivity index (χ1n) is 15.5. The molecule has 0 spiro atoms. The van der Waals surface area contributed by atoms with Crippen LogP contribution in [0.5, 0.6) is 11.5 Å². The zero-order valence-electron chi connectivity index (χ0n) is 25.8. The number of benzene rings is 4. The van der Waals surface area contributed by atoms with E-state index >= 15 is 0 Å². The van der Waals surface area contributed by atoms with Crippen molar-refractivity contribution in [1.29, 1.82) is 0 Å². The molecule has 0 unspecified atom stereocenters. The van der Waals surface area contributed by atoms with E-state index in [0.29, 0.717) is 24.4 Å². The third-order valence-electron chi connectivity index (χ3n) is 8.02. The van der Waals surface area contributed by atoms with E-state index < -0.39 is 0 Å². The van der Waals surface area contributed by atoms with Gasteiger partial charge in [-0.2, -0.15) is 0 Å². The molecule has 0 aromatic heterocycles. The summed E-state index contributed by atoms with van der Waals surface area (Å²) in [5, 5.41) is 14.5. The fraction of sp³-hybridized carbons (Fsp3) is 0.368. The molecular weight excluding hydrogens is 516 g/mol. The van der Waals surface area contributed by atoms with E-state index in [-0.39, 0.29) is 5.92 Å². The quantitative estimate of drug-likeness (QED) is 0.135. The summed E-state index contributed by atoms with van der Waals surface area (Å²) in [5.74, 6) is 1.38. The normalized spacial score (nSPS) is 12.3. The van der Waals surface area contributed by atoms with Gasteiger partial charge in [0.05, 0.1) is 6.61 Å². The smallest absolute Gasteiger partial charge is 0.119 e. The van der Waals surface area contributed by atoms with Crippen molar-refractivity contribution < 1.29 is 9.84 Å². The van der Waals surface area contributed by atoms with Gasteiger partial charge in [-0.25, -0.2) is 0 Å². The molecule has 0 aliphatic heterocycles. The molecule has 0 aliphatic carbocycles. The maximum Gasteiger partial charge on any atom is 0.119 e. The van der Waals surface area contributed by atoms with Crippen molar-refractivity contribution in [3.8, 4) is 11.5 Å². The minimum absolute atomic E-state index is 0.127. The zero-order chi connectivity index (χ0) is 29.7. The van der Waals surface area contributed by atoms with Crippen LogP contribution in [0.3, 0.4) is 0 Å². The molecule has 1 atom stereocenters. The summed E-state index contributed by atoms with van der Waals surface area (Å²) in [4.78, 5) is 2.53. The van der Waals surface area contributed by atoms with Crippen molar-refractivity contribution in [1.82, 2.24) is 10.2 Å². The first kappa shape index (κ1) is 31.3. The molecule has 4 aromatic carbocycles. The molecule has 4 aromatic rings. The molecule has 42 heavy (non-hydrogen) atoms. The van der Waals surface area contributed by atoms with E-state index in [1.165, 1.54) is 22.3 Å². The predicted molar refractivity (Wildman–Crippen MR) is 175 cm³/mol. The van der Waals surface area contributed by atoms with Gasteiger partial charge in [0.1, 0.15) is 11.5 Å². The highest BCUT2D eigenvalue weighted by Gasteiger charge is 2.21. The van der Waals surface area contributed by atoms with Crippen molar-refractivity contribution in [2.24, 2.45) is 0 Å². The third kappa shape index (κ3) is 9.47. The van der Waals surface area contributed by atoms with E-state index in [9.17, 15) is 5.11 Å². The van der Waals surface area contributed by atoms with Gasteiger partial charge in [0.15, 0.2) is 0 Å². The largest absolute Gasteiger partial charge is 0.508 e. The van der Waals surface area contributed by atoms with Crippen LogP contribution in [0.4, 0.5) is 0 Å². The summed E-state index contributed by atoms with van der Waals surface area (Å²) in [6.07, 6.45) is 2.71. The van der Waals surface area contributed by atoms with E-state index in [1.54, 1.807) is 0 Å². The summed E-state index contributed by atoms with van der Waals surface area (Å²) in [6.45, 7) is 12.4. The van der Waals surface area contributed by atoms with Crippen LogP contribution >= 0.6 is 0 Å². The van der Waals surface area contributed by atoms with Gasteiger partial charge in [0.25, 0.3) is 0 Å². The average molecular weight is 565 g/mol. The lowest BCUT2D eigenvalue weighted by Crippen LogP contribution is -2.38. The van der Waals surface area contributed by atoms with E-state index in [4.69, 9.17) is 4.74 Å². The average Bonchev–Trinajstić information content (AvgIpc) is 3.00. The molecule has 0 bridgehead atoms. The molecule has 4 nitrogen and oxygen atoms in total. The molecule has 0 aliphatic rings. The van der Waals surface area contributed by atoms with Gasteiger partial charge in [-0.1, -0.05) is 84.9 Å². The van der Waals surface area contributed by atoms with Crippen LogP contribution in [0.15, 0.2) is 103 Å². The Morgan fingerprint density at radius 1 is 0.714 bits per heavy atom. The summed E-state index contributed by atoms with van der Waals surface area (Å²) < 4.78 is 6.11. The second-order valence-corrected chi connectivity index (χ2v) is 11.7. The lowest BCUT2D eigenvalue weighted by molar-refractivity contribution is 0.170. The van der Waals surface area contributed by atoms with E-state index in [0.717, 1.165) is 50.2 Å². The number of aromatic hydroxyl groups is 1. The molecule has 0 fully saturated rings. The summed E-state index contributed by atoms with van der Waals surface area (Å²) in [7, 11) is 0. The van der Waals surface area contributed by atoms with Crippen molar-refractivity contribution in [3.63, 3.8) is 0 Å². The molecule has 0 saturated heterocycles. The zero-order valence-corrected chi connectivity index (χ0v) is 25.8. The van der Waals surface area contributed by atoms with Crippen LogP contribution in [-0.4, -0.2) is 41.8 Å². The number of phenolic OH excluding ortho intramolecular Hbond substituents is 1. The first-order chi connectivity index (χ1) is 20.4. The molecule has 2 N–H and O–H groups in total. The van der Waals surface area contributed by atoms with Crippen molar-refractivity contribution in [2.45, 2.75) is 71.5 Å². The Kier molecular flexibility index (Phi) is 12.0. The Bertz CT molecular complexity index is 1310. The highest BCUT2D eigenvalue weighted by Crippen LogP contribution is 2.35. The second-order valence-electron chi connectivity index (χ2n) is 11.7. The minimum Gasteiger partial charge on any atom is -0.508 e. The third-order valence-corrected chi connectivity index (χ3v) is 8.02. The van der Waals surface area contributed by atoms with Crippen molar-refractivity contribution in [3.05, 3.63) is 131 Å². The highest BCUT2D eigenvalue weighted by atomic mass is 16.5. The summed E-state index contributed by atoms with van der Waals surface area (Å²) >= 11 is 0. The molecule has 0 amide bonds. The Morgan fingerprint density at radius 3 is 2.02 bits per heavy atom. The number of phenols is 1. The van der Waals surface area contributed by atoms with Crippen LogP contribution in [0, 0.1) is 0 Å². The van der Waals surface area contributed by atoms with Gasteiger partial charge in [-0.15, -0.1) is 0 Å². The summed E-state index contributed by atoms with van der Waals surface area (Å²) in [6, 6.07) is 36.5. The van der Waals surface area contributed by atoms with Crippen LogP contribution in [0.2, 0.25) is 0 Å². The molecule has 0 heterocycles. The van der Waals surface area contributed by atoms with Gasteiger partial charge in [-0.05, 0) is 94.1 Å². The number of nitrogens with zero attached hydrogens (tertiary/aromatic N) is 1. The molecule has 0 radical (unpaired) electrons. The molecule has 222 valence electrons. The number of rotatable bonds is 16. The standard InChI is InChI=1S/C38H48N2O2/c1-29(2)40(30(3)4)25-22-36(34-13-9-6-10-14-34)37-27-32(17-20-38(37)41)23-26-42-35-18-15-31(16-19-35)21-24-39-28-33-11-7-5-8-12-33/h5-20,27,29-30,36,39,41H,21-26,28H2,1-4H3/t36-/m1/s1. The van der Waals surface area contributed by atoms with Gasteiger partial charge in [0, 0.05) is 36.5 Å². The van der Waals surface area contributed by atoms with Gasteiger partial charge >= 0.3 is 0 Å². The molecule has 4 rings (SSSR count). The van der Waals surface area contributed by atoms with Gasteiger partial charge in [-0.3, -0.25) is 4.90 Å². The fourth-order valence-electron chi connectivity index (χ4n) is 5.72. The Labute approximate surface area is 253 Å². The minimum atomic E-state index is 0.127. The number of hydrogen-bond acceptors (Lipinski definition) is 4. The van der Waals surface area contributed by atoms with Crippen LogP contribution < -0.4 is 10.1 Å². The molecular formula is C38H48N2O2.